The quantitative estimate of drug-likeness (QED) is 0.132. The van der Waals surface area contributed by atoms with Gasteiger partial charge in [-0.2, -0.15) is 0 Å². The Bertz CT molecular complexity index is 2600. The van der Waals surface area contributed by atoms with Gasteiger partial charge in [0.15, 0.2) is 0 Å². The molecule has 16 nitrogen and oxygen atoms in total. The number of nitrogens with zero attached hydrogens (tertiary/aromatic N) is 4. The molecular formula is C53H70F2N8O8. The first-order valence-electron chi connectivity index (χ1n) is 25.6. The average molecular weight is 985 g/mol. The molecule has 2 aromatic heterocycles. The number of hydrogen-bond acceptors (Lipinski definition) is 9. The van der Waals surface area contributed by atoms with E-state index >= 15 is 0 Å². The number of likely N-dealkylation sites (tertiary alicyclic amines) is 4. The number of carbonyl (C=O) groups excluding carboxylic acids is 5. The second-order valence-corrected chi connectivity index (χ2v) is 21.5. The number of aromatic nitrogens is 2. The summed E-state index contributed by atoms with van der Waals surface area (Å²) in [7, 11) is 2.75. The van der Waals surface area contributed by atoms with E-state index in [2.05, 4.69) is 15.3 Å². The van der Waals surface area contributed by atoms with Gasteiger partial charge in [0.25, 0.3) is 0 Å². The molecule has 2 aliphatic carbocycles. The van der Waals surface area contributed by atoms with Crippen LogP contribution in [0.5, 0.6) is 0 Å². The Morgan fingerprint density at radius 3 is 1.55 bits per heavy atom. The molecule has 0 spiro atoms. The van der Waals surface area contributed by atoms with Crippen molar-refractivity contribution in [1.82, 2.24) is 34.9 Å². The molecule has 4 aliphatic heterocycles. The lowest BCUT2D eigenvalue weighted by atomic mass is 9.83. The molecule has 384 valence electrons. The zero-order valence-corrected chi connectivity index (χ0v) is 41.6. The fourth-order valence-corrected chi connectivity index (χ4v) is 13.1. The van der Waals surface area contributed by atoms with Gasteiger partial charge in [-0.3, -0.25) is 9.59 Å². The van der Waals surface area contributed by atoms with Crippen molar-refractivity contribution in [3.63, 3.8) is 0 Å². The lowest BCUT2D eigenvalue weighted by molar-refractivity contribution is -0.136. The van der Waals surface area contributed by atoms with Crippen LogP contribution in [0.3, 0.4) is 0 Å². The zero-order chi connectivity index (χ0) is 50.3. The van der Waals surface area contributed by atoms with Gasteiger partial charge >= 0.3 is 18.3 Å². The summed E-state index contributed by atoms with van der Waals surface area (Å²) in [6, 6.07) is 7.29. The van der Waals surface area contributed by atoms with Gasteiger partial charge in [0, 0.05) is 72.2 Å². The summed E-state index contributed by atoms with van der Waals surface area (Å²) in [4.78, 5) is 79.6. The van der Waals surface area contributed by atoms with Crippen molar-refractivity contribution in [1.29, 1.82) is 0 Å². The van der Waals surface area contributed by atoms with Crippen LogP contribution in [0.4, 0.5) is 23.2 Å². The first kappa shape index (κ1) is 50.0. The number of nitrogens with one attached hydrogen (secondary N) is 3. The molecule has 6 heterocycles. The van der Waals surface area contributed by atoms with Crippen molar-refractivity contribution in [3.8, 4) is 0 Å². The SMILES string of the molecule is COC(=O)N1C[C@H](c2c[nH]c3cc(F)ccc23)[C@@H]2[C@H]1CCN2C(=O)[C@@H](N)C1CCCCC1.COC(=O)N1C[C@H](c2c[nH]c3cc(F)ccc23)[C@@H]2[C@H]1CCN2C(=O)[C@@H](NC(=O)OC(C)(C)C)C1CCCCC1. The number of methoxy groups -OCH3 is 2. The summed E-state index contributed by atoms with van der Waals surface area (Å²) in [6.07, 6.45) is 14.0. The van der Waals surface area contributed by atoms with Crippen molar-refractivity contribution in [2.45, 2.75) is 152 Å². The second kappa shape index (κ2) is 20.7. The Kier molecular flexibility index (Phi) is 14.6. The van der Waals surface area contributed by atoms with E-state index in [1.165, 1.54) is 44.9 Å². The van der Waals surface area contributed by atoms with Crippen LogP contribution in [-0.4, -0.2) is 142 Å². The van der Waals surface area contributed by atoms with Crippen molar-refractivity contribution in [2.24, 2.45) is 17.6 Å². The number of amides is 5. The smallest absolute Gasteiger partial charge is 0.409 e. The highest BCUT2D eigenvalue weighted by atomic mass is 19.1. The van der Waals surface area contributed by atoms with E-state index < -0.39 is 29.9 Å². The fourth-order valence-electron chi connectivity index (χ4n) is 13.1. The number of carbonyl (C=O) groups is 5. The van der Waals surface area contributed by atoms with Crippen LogP contribution in [-0.2, 0) is 23.8 Å². The van der Waals surface area contributed by atoms with Crippen LogP contribution in [0.1, 0.15) is 121 Å². The number of nitrogens with two attached hydrogens (primary N) is 1. The third-order valence-corrected chi connectivity index (χ3v) is 16.3. The van der Waals surface area contributed by atoms with Gasteiger partial charge in [-0.25, -0.2) is 23.2 Å². The minimum Gasteiger partial charge on any atom is -0.453 e. The Labute approximate surface area is 413 Å². The van der Waals surface area contributed by atoms with Gasteiger partial charge in [-0.15, -0.1) is 0 Å². The average Bonchev–Trinajstić information content (AvgIpc) is 4.23. The number of rotatable bonds is 7. The Morgan fingerprint density at radius 1 is 0.648 bits per heavy atom. The molecule has 4 aromatic rings. The third-order valence-electron chi connectivity index (χ3n) is 16.3. The normalized spacial score (nSPS) is 25.6. The minimum atomic E-state index is -0.705. The van der Waals surface area contributed by atoms with E-state index in [0.717, 1.165) is 79.7 Å². The van der Waals surface area contributed by atoms with Gasteiger partial charge in [-0.1, -0.05) is 38.5 Å². The molecule has 4 saturated heterocycles. The van der Waals surface area contributed by atoms with E-state index in [1.807, 2.05) is 22.2 Å². The molecular weight excluding hydrogens is 915 g/mol. The first-order valence-corrected chi connectivity index (χ1v) is 25.6. The van der Waals surface area contributed by atoms with Gasteiger partial charge in [-0.05, 0) is 119 Å². The third kappa shape index (κ3) is 10.0. The fraction of sp³-hybridized carbons (Fsp3) is 0.604. The minimum absolute atomic E-state index is 0.00741. The molecule has 5 N–H and O–H groups in total. The van der Waals surface area contributed by atoms with Crippen molar-refractivity contribution in [2.75, 3.05) is 40.4 Å². The molecule has 6 aliphatic rings. The highest BCUT2D eigenvalue weighted by molar-refractivity contribution is 5.89. The van der Waals surface area contributed by atoms with Gasteiger partial charge < -0.3 is 54.8 Å². The molecule has 71 heavy (non-hydrogen) atoms. The number of ether oxygens (including phenoxy) is 3. The van der Waals surface area contributed by atoms with Crippen molar-refractivity contribution in [3.05, 3.63) is 71.6 Å². The Hall–Kier alpha value is -5.91. The highest BCUT2D eigenvalue weighted by Gasteiger charge is 2.56. The molecule has 10 rings (SSSR count). The monoisotopic (exact) mass is 985 g/mol. The number of H-pyrrole nitrogens is 2. The number of fused-ring (bicyclic) bond motifs is 4. The summed E-state index contributed by atoms with van der Waals surface area (Å²) >= 11 is 0. The van der Waals surface area contributed by atoms with E-state index in [9.17, 15) is 32.8 Å². The summed E-state index contributed by atoms with van der Waals surface area (Å²) in [6.45, 7) is 7.27. The molecule has 18 heteroatoms. The molecule has 6 fully saturated rings. The van der Waals surface area contributed by atoms with Crippen molar-refractivity contribution >= 4 is 51.9 Å². The number of alkyl carbamates (subject to hydrolysis) is 1. The molecule has 2 saturated carbocycles. The van der Waals surface area contributed by atoms with Crippen LogP contribution in [0.2, 0.25) is 0 Å². The number of benzene rings is 2. The Morgan fingerprint density at radius 2 is 1.10 bits per heavy atom. The standard InChI is InChI=1S/C29H39FN4O5.C24H31FN4O3/c1-29(2,3)39-27(36)32-24(17-8-6-5-7-9-17)26(35)33-13-12-23-25(33)21(16-34(23)28(37)38-4)20-15-31-22-14-18(30)10-11-19(20)22;1-32-24(31)29-13-18(17-12-27-19-11-15(25)7-8-16(17)19)22-20(29)9-10-28(22)23(30)21(26)14-5-3-2-4-6-14/h10-11,14-15,17,21,23-25,31H,5-9,12-13,16H2,1-4H3,(H,32,36);7-8,11-12,14,18,20-22,27H,2-6,9-10,13,26H2,1H3/t21-,23-,24+,25-;18-,20-,21+,22-/m11/s1. The first-order chi connectivity index (χ1) is 34.1. The summed E-state index contributed by atoms with van der Waals surface area (Å²) < 4.78 is 43.3. The van der Waals surface area contributed by atoms with Crippen LogP contribution >= 0.6 is 0 Å². The summed E-state index contributed by atoms with van der Waals surface area (Å²) in [5.74, 6) is -0.833. The van der Waals surface area contributed by atoms with Crippen LogP contribution in [0.25, 0.3) is 21.8 Å². The molecule has 0 radical (unpaired) electrons. The number of halogens is 2. The maximum atomic E-state index is 14.3. The summed E-state index contributed by atoms with van der Waals surface area (Å²) in [5.41, 5.74) is 9.12. The summed E-state index contributed by atoms with van der Waals surface area (Å²) in [5, 5.41) is 4.70. The van der Waals surface area contributed by atoms with E-state index in [1.54, 1.807) is 42.7 Å². The van der Waals surface area contributed by atoms with Crippen LogP contribution in [0, 0.1) is 23.5 Å². The highest BCUT2D eigenvalue weighted by Crippen LogP contribution is 2.46. The van der Waals surface area contributed by atoms with Crippen LogP contribution < -0.4 is 11.1 Å². The predicted molar refractivity (Wildman–Crippen MR) is 262 cm³/mol. The second-order valence-electron chi connectivity index (χ2n) is 21.5. The van der Waals surface area contributed by atoms with Crippen molar-refractivity contribution < 1.29 is 47.0 Å². The van der Waals surface area contributed by atoms with Gasteiger partial charge in [0.05, 0.1) is 44.4 Å². The zero-order valence-electron chi connectivity index (χ0n) is 41.6. The topological polar surface area (TPSA) is 196 Å². The largest absolute Gasteiger partial charge is 0.453 e. The molecule has 5 amide bonds. The lowest BCUT2D eigenvalue weighted by Gasteiger charge is -2.36. The van der Waals surface area contributed by atoms with Gasteiger partial charge in [0.2, 0.25) is 11.8 Å². The number of aromatic amines is 2. The molecule has 0 bridgehead atoms. The molecule has 2 aromatic carbocycles. The maximum Gasteiger partial charge on any atom is 0.409 e. The lowest BCUT2D eigenvalue weighted by Crippen LogP contribution is -2.55. The molecule has 8 atom stereocenters. The predicted octanol–water partition coefficient (Wildman–Crippen LogP) is 8.27. The maximum absolute atomic E-state index is 14.3. The van der Waals surface area contributed by atoms with E-state index in [4.69, 9.17) is 19.9 Å². The van der Waals surface area contributed by atoms with E-state index in [0.29, 0.717) is 50.1 Å². The molecule has 0 unspecified atom stereocenters. The number of hydrogen-bond donors (Lipinski definition) is 4. The van der Waals surface area contributed by atoms with Gasteiger partial charge in [0.1, 0.15) is 23.3 Å². The van der Waals surface area contributed by atoms with E-state index in [-0.39, 0.29) is 77.4 Å². The Balaban J connectivity index is 0.000000179. The van der Waals surface area contributed by atoms with Crippen LogP contribution in [0.15, 0.2) is 48.8 Å².